The lowest BCUT2D eigenvalue weighted by atomic mass is 10.1. The molecule has 0 saturated carbocycles. The Kier molecular flexibility index (Phi) is 5.20. The number of benzene rings is 2. The van der Waals surface area contributed by atoms with Crippen LogP contribution in [0.5, 0.6) is 0 Å². The van der Waals surface area contributed by atoms with Crippen LogP contribution >= 0.6 is 11.8 Å². The second-order valence-corrected chi connectivity index (χ2v) is 6.92. The molecule has 0 spiro atoms. The number of carboxylic acids is 1. The summed E-state index contributed by atoms with van der Waals surface area (Å²) in [6.45, 7) is 0.821. The van der Waals surface area contributed by atoms with Gasteiger partial charge in [0.25, 0.3) is 5.91 Å². The Bertz CT molecular complexity index is 715. The summed E-state index contributed by atoms with van der Waals surface area (Å²) in [4.78, 5) is 26.3. The summed E-state index contributed by atoms with van der Waals surface area (Å²) in [7, 11) is 0. The standard InChI is InChI=1S/C19H19NO3S/c21-18(20-11-10-16(12-20)19(22)23)15-8-6-14(7-9-15)13-24-17-4-2-1-3-5-17/h1-9,16H,10-13H2,(H,22,23). The van der Waals surface area contributed by atoms with Crippen LogP contribution in [0.1, 0.15) is 22.3 Å². The number of thioether (sulfide) groups is 1. The molecule has 1 aliphatic rings. The predicted molar refractivity (Wildman–Crippen MR) is 94.1 cm³/mol. The van der Waals surface area contributed by atoms with Crippen LogP contribution in [0.3, 0.4) is 0 Å². The van der Waals surface area contributed by atoms with Gasteiger partial charge in [0.05, 0.1) is 5.92 Å². The van der Waals surface area contributed by atoms with Crippen molar-refractivity contribution < 1.29 is 14.7 Å². The monoisotopic (exact) mass is 341 g/mol. The van der Waals surface area contributed by atoms with Crippen molar-refractivity contribution in [1.82, 2.24) is 4.90 Å². The van der Waals surface area contributed by atoms with Gasteiger partial charge in [0.2, 0.25) is 0 Å². The zero-order chi connectivity index (χ0) is 16.9. The van der Waals surface area contributed by atoms with E-state index in [1.54, 1.807) is 16.7 Å². The number of hydrogen-bond donors (Lipinski definition) is 1. The molecule has 1 amide bonds. The lowest BCUT2D eigenvalue weighted by Gasteiger charge is -2.16. The minimum absolute atomic E-state index is 0.0824. The maximum absolute atomic E-state index is 12.4. The summed E-state index contributed by atoms with van der Waals surface area (Å²) in [5.74, 6) is -0.487. The van der Waals surface area contributed by atoms with E-state index in [1.807, 2.05) is 42.5 Å². The molecule has 0 bridgehead atoms. The highest BCUT2D eigenvalue weighted by Crippen LogP contribution is 2.23. The molecule has 2 aromatic carbocycles. The molecule has 0 radical (unpaired) electrons. The fourth-order valence-electron chi connectivity index (χ4n) is 2.76. The molecule has 5 heteroatoms. The molecule has 24 heavy (non-hydrogen) atoms. The third kappa shape index (κ3) is 3.97. The van der Waals surface area contributed by atoms with Gasteiger partial charge in [-0.2, -0.15) is 0 Å². The van der Waals surface area contributed by atoms with Gasteiger partial charge in [0, 0.05) is 29.3 Å². The molecule has 1 fully saturated rings. The van der Waals surface area contributed by atoms with Crippen LogP contribution in [0.15, 0.2) is 59.5 Å². The van der Waals surface area contributed by atoms with Crippen LogP contribution in [-0.4, -0.2) is 35.0 Å². The van der Waals surface area contributed by atoms with Gasteiger partial charge in [-0.05, 0) is 36.2 Å². The first kappa shape index (κ1) is 16.6. The quantitative estimate of drug-likeness (QED) is 0.845. The Morgan fingerprint density at radius 1 is 1.08 bits per heavy atom. The topological polar surface area (TPSA) is 57.6 Å². The fraction of sp³-hybridized carbons (Fsp3) is 0.263. The van der Waals surface area contributed by atoms with Crippen molar-refractivity contribution in [2.75, 3.05) is 13.1 Å². The second-order valence-electron chi connectivity index (χ2n) is 5.87. The molecule has 0 aromatic heterocycles. The number of likely N-dealkylation sites (tertiary alicyclic amines) is 1. The van der Waals surface area contributed by atoms with Crippen LogP contribution in [-0.2, 0) is 10.5 Å². The molecule has 1 atom stereocenters. The van der Waals surface area contributed by atoms with E-state index in [-0.39, 0.29) is 5.91 Å². The van der Waals surface area contributed by atoms with Crippen LogP contribution < -0.4 is 0 Å². The maximum atomic E-state index is 12.4. The molecule has 1 saturated heterocycles. The Morgan fingerprint density at radius 3 is 2.42 bits per heavy atom. The van der Waals surface area contributed by atoms with E-state index in [2.05, 4.69) is 12.1 Å². The SMILES string of the molecule is O=C(O)C1CCN(C(=O)c2ccc(CSc3ccccc3)cc2)C1. The van der Waals surface area contributed by atoms with E-state index < -0.39 is 11.9 Å². The molecule has 1 heterocycles. The van der Waals surface area contributed by atoms with Gasteiger partial charge in [-0.25, -0.2) is 0 Å². The van der Waals surface area contributed by atoms with Crippen LogP contribution in [0.2, 0.25) is 0 Å². The first-order chi connectivity index (χ1) is 11.6. The number of aliphatic carboxylic acids is 1. The first-order valence-corrected chi connectivity index (χ1v) is 8.91. The Hall–Kier alpha value is -2.27. The summed E-state index contributed by atoms with van der Waals surface area (Å²) in [5, 5.41) is 9.03. The minimum Gasteiger partial charge on any atom is -0.481 e. The number of carbonyl (C=O) groups excluding carboxylic acids is 1. The largest absolute Gasteiger partial charge is 0.481 e. The molecule has 4 nitrogen and oxygen atoms in total. The summed E-state index contributed by atoms with van der Waals surface area (Å²) < 4.78 is 0. The van der Waals surface area contributed by atoms with E-state index in [0.717, 1.165) is 11.3 Å². The molecule has 124 valence electrons. The lowest BCUT2D eigenvalue weighted by Crippen LogP contribution is -2.29. The first-order valence-electron chi connectivity index (χ1n) is 7.92. The van der Waals surface area contributed by atoms with Gasteiger partial charge in [-0.15, -0.1) is 11.8 Å². The van der Waals surface area contributed by atoms with Gasteiger partial charge in [-0.1, -0.05) is 30.3 Å². The molecule has 2 aromatic rings. The van der Waals surface area contributed by atoms with Crippen molar-refractivity contribution in [3.63, 3.8) is 0 Å². The average Bonchev–Trinajstić information content (AvgIpc) is 3.11. The predicted octanol–water partition coefficient (Wildman–Crippen LogP) is 3.53. The van der Waals surface area contributed by atoms with Gasteiger partial charge in [0.1, 0.15) is 0 Å². The van der Waals surface area contributed by atoms with Crippen molar-refractivity contribution >= 4 is 23.6 Å². The van der Waals surface area contributed by atoms with Crippen LogP contribution in [0.4, 0.5) is 0 Å². The van der Waals surface area contributed by atoms with Crippen LogP contribution in [0.25, 0.3) is 0 Å². The average molecular weight is 341 g/mol. The third-order valence-corrected chi connectivity index (χ3v) is 5.26. The van der Waals surface area contributed by atoms with E-state index in [1.165, 1.54) is 4.90 Å². The van der Waals surface area contributed by atoms with Crippen molar-refractivity contribution in [1.29, 1.82) is 0 Å². The van der Waals surface area contributed by atoms with E-state index in [4.69, 9.17) is 5.11 Å². The summed E-state index contributed by atoms with van der Waals surface area (Å²) in [6, 6.07) is 17.8. The molecule has 0 aliphatic carbocycles. The number of hydrogen-bond acceptors (Lipinski definition) is 3. The molecule has 1 aliphatic heterocycles. The molecule has 3 rings (SSSR count). The third-order valence-electron chi connectivity index (χ3n) is 4.17. The van der Waals surface area contributed by atoms with E-state index >= 15 is 0 Å². The Balaban J connectivity index is 1.58. The normalized spacial score (nSPS) is 17.0. The highest BCUT2D eigenvalue weighted by molar-refractivity contribution is 7.98. The number of rotatable bonds is 5. The lowest BCUT2D eigenvalue weighted by molar-refractivity contribution is -0.141. The smallest absolute Gasteiger partial charge is 0.308 e. The van der Waals surface area contributed by atoms with Gasteiger partial charge in [-0.3, -0.25) is 9.59 Å². The Morgan fingerprint density at radius 2 is 1.79 bits per heavy atom. The summed E-state index contributed by atoms with van der Waals surface area (Å²) >= 11 is 1.76. The van der Waals surface area contributed by atoms with E-state index in [0.29, 0.717) is 25.1 Å². The minimum atomic E-state index is -0.821. The number of carboxylic acid groups (broad SMARTS) is 1. The number of nitrogens with zero attached hydrogens (tertiary/aromatic N) is 1. The molecule has 1 unspecified atom stereocenters. The van der Waals surface area contributed by atoms with Crippen molar-refractivity contribution in [2.24, 2.45) is 5.92 Å². The molecular weight excluding hydrogens is 322 g/mol. The summed E-state index contributed by atoms with van der Waals surface area (Å²) in [6.07, 6.45) is 0.535. The molecule has 1 N–H and O–H groups in total. The second kappa shape index (κ2) is 7.53. The van der Waals surface area contributed by atoms with Gasteiger partial charge >= 0.3 is 5.97 Å². The highest BCUT2D eigenvalue weighted by atomic mass is 32.2. The maximum Gasteiger partial charge on any atom is 0.308 e. The highest BCUT2D eigenvalue weighted by Gasteiger charge is 2.31. The zero-order valence-electron chi connectivity index (χ0n) is 13.2. The number of carbonyl (C=O) groups is 2. The molecular formula is C19H19NO3S. The fourth-order valence-corrected chi connectivity index (χ4v) is 3.63. The van der Waals surface area contributed by atoms with Crippen LogP contribution in [0, 0.1) is 5.92 Å². The summed E-state index contributed by atoms with van der Waals surface area (Å²) in [5.41, 5.74) is 1.78. The van der Waals surface area contributed by atoms with Gasteiger partial charge in [0.15, 0.2) is 0 Å². The zero-order valence-corrected chi connectivity index (χ0v) is 14.0. The Labute approximate surface area is 145 Å². The number of amides is 1. The van der Waals surface area contributed by atoms with E-state index in [9.17, 15) is 9.59 Å². The van der Waals surface area contributed by atoms with Crippen molar-refractivity contribution in [2.45, 2.75) is 17.1 Å². The van der Waals surface area contributed by atoms with Gasteiger partial charge < -0.3 is 10.0 Å². The van der Waals surface area contributed by atoms with Crippen molar-refractivity contribution in [3.05, 3.63) is 65.7 Å². The van der Waals surface area contributed by atoms with Crippen molar-refractivity contribution in [3.8, 4) is 0 Å².